The summed E-state index contributed by atoms with van der Waals surface area (Å²) in [6.07, 6.45) is 5.78. The Morgan fingerprint density at radius 1 is 1.42 bits per heavy atom. The van der Waals surface area contributed by atoms with Gasteiger partial charge in [-0.25, -0.2) is 9.78 Å². The van der Waals surface area contributed by atoms with E-state index in [0.717, 1.165) is 36.6 Å². The van der Waals surface area contributed by atoms with Crippen LogP contribution in [0.15, 0.2) is 25.3 Å². The zero-order valence-corrected chi connectivity index (χ0v) is 11.7. The smallest absolute Gasteiger partial charge is 0.347 e. The summed E-state index contributed by atoms with van der Waals surface area (Å²) in [4.78, 5) is 18.3. The second-order valence-electron chi connectivity index (χ2n) is 4.67. The first-order valence-electron chi connectivity index (χ1n) is 6.32. The van der Waals surface area contributed by atoms with Crippen LogP contribution in [0.2, 0.25) is 0 Å². The van der Waals surface area contributed by atoms with Crippen molar-refractivity contribution in [2.75, 3.05) is 13.1 Å². The molecule has 0 bridgehead atoms. The van der Waals surface area contributed by atoms with Gasteiger partial charge in [0.15, 0.2) is 0 Å². The van der Waals surface area contributed by atoms with Gasteiger partial charge >= 0.3 is 5.97 Å². The first kappa shape index (κ1) is 14.0. The first-order chi connectivity index (χ1) is 9.15. The first-order valence-corrected chi connectivity index (χ1v) is 7.14. The van der Waals surface area contributed by atoms with Crippen molar-refractivity contribution in [3.05, 3.63) is 40.9 Å². The summed E-state index contributed by atoms with van der Waals surface area (Å²) in [5.74, 6) is -0.493. The van der Waals surface area contributed by atoms with Gasteiger partial charge in [0.1, 0.15) is 9.88 Å². The van der Waals surface area contributed by atoms with Crippen molar-refractivity contribution in [1.29, 1.82) is 0 Å². The van der Waals surface area contributed by atoms with Crippen molar-refractivity contribution in [1.82, 2.24) is 9.88 Å². The standard InChI is InChI=1S/C14H18N2O2S/c1-3-7-16(8-4-2)9-11-15-12(10-5-6-10)13(19-11)14(17)18/h3-4,10H,1-2,5-9H2,(H,17,18). The van der Waals surface area contributed by atoms with Crippen molar-refractivity contribution in [2.24, 2.45) is 0 Å². The van der Waals surface area contributed by atoms with Gasteiger partial charge in [-0.1, -0.05) is 12.2 Å². The van der Waals surface area contributed by atoms with Crippen LogP contribution in [0.4, 0.5) is 0 Å². The third-order valence-electron chi connectivity index (χ3n) is 2.99. The Bertz CT molecular complexity index is 482. The van der Waals surface area contributed by atoms with E-state index in [1.165, 1.54) is 11.3 Å². The third-order valence-corrected chi connectivity index (χ3v) is 4.03. The molecule has 0 radical (unpaired) electrons. The lowest BCUT2D eigenvalue weighted by atomic mass is 10.2. The molecule has 0 saturated heterocycles. The van der Waals surface area contributed by atoms with Crippen LogP contribution in [0.5, 0.6) is 0 Å². The predicted octanol–water partition coefficient (Wildman–Crippen LogP) is 2.89. The van der Waals surface area contributed by atoms with Crippen LogP contribution in [-0.4, -0.2) is 34.0 Å². The SMILES string of the molecule is C=CCN(CC=C)Cc1nc(C2CC2)c(C(=O)O)s1. The van der Waals surface area contributed by atoms with Crippen LogP contribution in [0.25, 0.3) is 0 Å². The third kappa shape index (κ3) is 3.52. The van der Waals surface area contributed by atoms with E-state index in [4.69, 9.17) is 0 Å². The molecule has 1 N–H and O–H groups in total. The predicted molar refractivity (Wildman–Crippen MR) is 76.7 cm³/mol. The zero-order valence-electron chi connectivity index (χ0n) is 10.8. The van der Waals surface area contributed by atoms with Crippen molar-refractivity contribution < 1.29 is 9.90 Å². The van der Waals surface area contributed by atoms with E-state index in [1.54, 1.807) is 0 Å². The summed E-state index contributed by atoms with van der Waals surface area (Å²) < 4.78 is 0. The number of rotatable bonds is 8. The van der Waals surface area contributed by atoms with Gasteiger partial charge in [0.05, 0.1) is 12.2 Å². The highest BCUT2D eigenvalue weighted by atomic mass is 32.1. The van der Waals surface area contributed by atoms with E-state index in [-0.39, 0.29) is 0 Å². The molecule has 2 rings (SSSR count). The number of carbonyl (C=O) groups is 1. The molecule has 0 amide bonds. The molecule has 4 nitrogen and oxygen atoms in total. The lowest BCUT2D eigenvalue weighted by Crippen LogP contribution is -2.23. The van der Waals surface area contributed by atoms with E-state index in [9.17, 15) is 9.90 Å². The number of hydrogen-bond donors (Lipinski definition) is 1. The number of thiazole rings is 1. The maximum absolute atomic E-state index is 11.2. The highest BCUT2D eigenvalue weighted by molar-refractivity contribution is 7.13. The van der Waals surface area contributed by atoms with Gasteiger partial charge < -0.3 is 5.11 Å². The average molecular weight is 278 g/mol. The van der Waals surface area contributed by atoms with Crippen LogP contribution in [0.3, 0.4) is 0 Å². The van der Waals surface area contributed by atoms with E-state index >= 15 is 0 Å². The second-order valence-corrected chi connectivity index (χ2v) is 5.76. The minimum absolute atomic E-state index is 0.364. The molecule has 1 aromatic heterocycles. The molecule has 5 heteroatoms. The molecule has 1 saturated carbocycles. The van der Waals surface area contributed by atoms with Crippen LogP contribution in [0, 0.1) is 0 Å². The summed E-state index contributed by atoms with van der Waals surface area (Å²) in [5.41, 5.74) is 0.782. The van der Waals surface area contributed by atoms with Crippen LogP contribution < -0.4 is 0 Å². The summed E-state index contributed by atoms with van der Waals surface area (Å²) >= 11 is 1.30. The number of carboxylic acids is 1. The number of carboxylic acid groups (broad SMARTS) is 1. The fourth-order valence-corrected chi connectivity index (χ4v) is 3.02. The fraction of sp³-hybridized carbons (Fsp3) is 0.429. The monoisotopic (exact) mass is 278 g/mol. The highest BCUT2D eigenvalue weighted by Gasteiger charge is 2.32. The lowest BCUT2D eigenvalue weighted by molar-refractivity contribution is 0.0700. The Labute approximate surface area is 117 Å². The zero-order chi connectivity index (χ0) is 13.8. The van der Waals surface area contributed by atoms with Gasteiger partial charge in [-0.2, -0.15) is 0 Å². The van der Waals surface area contributed by atoms with Crippen molar-refractivity contribution in [3.63, 3.8) is 0 Å². The molecule has 1 aromatic rings. The summed E-state index contributed by atoms with van der Waals surface area (Å²) in [5, 5.41) is 10.1. The Morgan fingerprint density at radius 3 is 2.53 bits per heavy atom. The van der Waals surface area contributed by atoms with Gasteiger partial charge in [0.2, 0.25) is 0 Å². The minimum Gasteiger partial charge on any atom is -0.477 e. The maximum Gasteiger partial charge on any atom is 0.347 e. The maximum atomic E-state index is 11.2. The van der Waals surface area contributed by atoms with Crippen LogP contribution in [-0.2, 0) is 6.54 Å². The summed E-state index contributed by atoms with van der Waals surface area (Å²) in [7, 11) is 0. The van der Waals surface area contributed by atoms with E-state index in [0.29, 0.717) is 17.3 Å². The lowest BCUT2D eigenvalue weighted by Gasteiger charge is -2.16. The molecular weight excluding hydrogens is 260 g/mol. The Kier molecular flexibility index (Phi) is 4.50. The molecule has 0 spiro atoms. The number of nitrogens with zero attached hydrogens (tertiary/aromatic N) is 2. The number of hydrogen-bond acceptors (Lipinski definition) is 4. The molecule has 1 fully saturated rings. The fourth-order valence-electron chi connectivity index (χ4n) is 1.99. The van der Waals surface area contributed by atoms with Gasteiger partial charge in [-0.3, -0.25) is 4.90 Å². The Morgan fingerprint density at radius 2 is 2.05 bits per heavy atom. The van der Waals surface area contributed by atoms with Crippen molar-refractivity contribution in [2.45, 2.75) is 25.3 Å². The quantitative estimate of drug-likeness (QED) is 0.743. The molecule has 0 aliphatic heterocycles. The molecule has 1 heterocycles. The highest BCUT2D eigenvalue weighted by Crippen LogP contribution is 2.42. The summed E-state index contributed by atoms with van der Waals surface area (Å²) in [6, 6.07) is 0. The van der Waals surface area contributed by atoms with Crippen molar-refractivity contribution in [3.8, 4) is 0 Å². The van der Waals surface area contributed by atoms with Gasteiger partial charge in [0, 0.05) is 19.0 Å². The molecule has 1 aliphatic carbocycles. The molecule has 102 valence electrons. The molecule has 19 heavy (non-hydrogen) atoms. The van der Waals surface area contributed by atoms with Gasteiger partial charge in [-0.05, 0) is 12.8 Å². The van der Waals surface area contributed by atoms with E-state index in [2.05, 4.69) is 23.0 Å². The number of aromatic carboxylic acids is 1. The molecular formula is C14H18N2O2S. The normalized spacial score (nSPS) is 14.6. The Balaban J connectivity index is 2.15. The van der Waals surface area contributed by atoms with E-state index < -0.39 is 5.97 Å². The van der Waals surface area contributed by atoms with Crippen molar-refractivity contribution >= 4 is 17.3 Å². The largest absolute Gasteiger partial charge is 0.477 e. The molecule has 0 unspecified atom stereocenters. The topological polar surface area (TPSA) is 53.4 Å². The van der Waals surface area contributed by atoms with Gasteiger partial charge in [-0.15, -0.1) is 24.5 Å². The molecule has 0 atom stereocenters. The average Bonchev–Trinajstić information content (AvgIpc) is 3.11. The minimum atomic E-state index is -0.857. The number of aromatic nitrogens is 1. The van der Waals surface area contributed by atoms with Crippen LogP contribution in [0.1, 0.15) is 39.1 Å². The van der Waals surface area contributed by atoms with Gasteiger partial charge in [0.25, 0.3) is 0 Å². The second kappa shape index (κ2) is 6.12. The molecule has 0 aromatic carbocycles. The van der Waals surface area contributed by atoms with Crippen LogP contribution >= 0.6 is 11.3 Å². The molecule has 1 aliphatic rings. The Hall–Kier alpha value is -1.46. The van der Waals surface area contributed by atoms with E-state index in [1.807, 2.05) is 12.2 Å². The summed E-state index contributed by atoms with van der Waals surface area (Å²) in [6.45, 7) is 9.59.